The van der Waals surface area contributed by atoms with Crippen LogP contribution >= 0.6 is 0 Å². The van der Waals surface area contributed by atoms with Gasteiger partial charge in [0.1, 0.15) is 5.75 Å². The fraction of sp³-hybridized carbons (Fsp3) is 0.222. The molecule has 0 aliphatic rings. The van der Waals surface area contributed by atoms with Gasteiger partial charge >= 0.3 is 5.97 Å². The predicted molar refractivity (Wildman–Crippen MR) is 86.3 cm³/mol. The number of carbonyl (C=O) groups is 2. The highest BCUT2D eigenvalue weighted by molar-refractivity contribution is 5.80. The SMILES string of the molecule is COc1ccc([C@@H](CC(=O)O)NC(=O)Cc2ccccc2)cc1. The Hall–Kier alpha value is -2.82. The summed E-state index contributed by atoms with van der Waals surface area (Å²) >= 11 is 0. The quantitative estimate of drug-likeness (QED) is 0.824. The molecule has 0 fully saturated rings. The summed E-state index contributed by atoms with van der Waals surface area (Å²) in [7, 11) is 1.56. The lowest BCUT2D eigenvalue weighted by Crippen LogP contribution is -2.31. The third kappa shape index (κ3) is 5.14. The first-order chi connectivity index (χ1) is 11.1. The van der Waals surface area contributed by atoms with E-state index in [0.717, 1.165) is 11.1 Å². The minimum Gasteiger partial charge on any atom is -0.497 e. The molecule has 1 amide bonds. The van der Waals surface area contributed by atoms with E-state index in [4.69, 9.17) is 9.84 Å². The first-order valence-electron chi connectivity index (χ1n) is 7.27. The second kappa shape index (κ2) is 7.98. The van der Waals surface area contributed by atoms with E-state index in [1.54, 1.807) is 31.4 Å². The van der Waals surface area contributed by atoms with Crippen molar-refractivity contribution in [3.8, 4) is 5.75 Å². The van der Waals surface area contributed by atoms with Gasteiger partial charge in [-0.1, -0.05) is 42.5 Å². The molecule has 0 spiro atoms. The highest BCUT2D eigenvalue weighted by Gasteiger charge is 2.18. The summed E-state index contributed by atoms with van der Waals surface area (Å²) in [5, 5.41) is 11.9. The lowest BCUT2D eigenvalue weighted by molar-refractivity contribution is -0.137. The van der Waals surface area contributed by atoms with Gasteiger partial charge in [0.15, 0.2) is 0 Å². The van der Waals surface area contributed by atoms with Gasteiger partial charge in [0.05, 0.1) is 26.0 Å². The zero-order chi connectivity index (χ0) is 16.7. The molecule has 2 aromatic rings. The van der Waals surface area contributed by atoms with Crippen LogP contribution in [0.3, 0.4) is 0 Å². The molecule has 0 unspecified atom stereocenters. The number of aliphatic carboxylic acids is 1. The largest absolute Gasteiger partial charge is 0.497 e. The number of benzene rings is 2. The van der Waals surface area contributed by atoms with E-state index in [-0.39, 0.29) is 18.7 Å². The first kappa shape index (κ1) is 16.5. The number of amides is 1. The summed E-state index contributed by atoms with van der Waals surface area (Å²) in [4.78, 5) is 23.2. The average molecular weight is 313 g/mol. The Morgan fingerprint density at radius 1 is 1.09 bits per heavy atom. The van der Waals surface area contributed by atoms with E-state index in [1.807, 2.05) is 30.3 Å². The maximum atomic E-state index is 12.2. The molecule has 23 heavy (non-hydrogen) atoms. The van der Waals surface area contributed by atoms with Gasteiger partial charge in [0.2, 0.25) is 5.91 Å². The lowest BCUT2D eigenvalue weighted by Gasteiger charge is -2.18. The van der Waals surface area contributed by atoms with E-state index >= 15 is 0 Å². The smallest absolute Gasteiger partial charge is 0.305 e. The zero-order valence-electron chi connectivity index (χ0n) is 12.9. The molecule has 0 aromatic heterocycles. The Bertz CT molecular complexity index is 652. The van der Waals surface area contributed by atoms with Crippen LogP contribution in [-0.2, 0) is 16.0 Å². The van der Waals surface area contributed by atoms with Crippen LogP contribution in [0.2, 0.25) is 0 Å². The van der Waals surface area contributed by atoms with Crippen LogP contribution in [0.25, 0.3) is 0 Å². The van der Waals surface area contributed by atoms with Gasteiger partial charge in [-0.15, -0.1) is 0 Å². The number of ether oxygens (including phenoxy) is 1. The Kier molecular flexibility index (Phi) is 5.74. The number of carbonyl (C=O) groups excluding carboxylic acids is 1. The molecule has 1 atom stereocenters. The topological polar surface area (TPSA) is 75.6 Å². The minimum absolute atomic E-state index is 0.174. The highest BCUT2D eigenvalue weighted by atomic mass is 16.5. The number of hydrogen-bond donors (Lipinski definition) is 2. The van der Waals surface area contributed by atoms with Crippen LogP contribution < -0.4 is 10.1 Å². The second-order valence-corrected chi connectivity index (χ2v) is 5.15. The summed E-state index contributed by atoms with van der Waals surface area (Å²) in [5.74, 6) is -0.498. The monoisotopic (exact) mass is 313 g/mol. The normalized spacial score (nSPS) is 11.5. The van der Waals surface area contributed by atoms with E-state index in [9.17, 15) is 9.59 Å². The summed E-state index contributed by atoms with van der Waals surface area (Å²) < 4.78 is 5.09. The van der Waals surface area contributed by atoms with Crippen LogP contribution in [0, 0.1) is 0 Å². The molecule has 0 aliphatic carbocycles. The third-order valence-corrected chi connectivity index (χ3v) is 3.44. The van der Waals surface area contributed by atoms with E-state index in [2.05, 4.69) is 5.32 Å². The van der Waals surface area contributed by atoms with E-state index < -0.39 is 12.0 Å². The van der Waals surface area contributed by atoms with Crippen molar-refractivity contribution in [2.24, 2.45) is 0 Å². The van der Waals surface area contributed by atoms with Gasteiger partial charge in [-0.05, 0) is 23.3 Å². The number of rotatable bonds is 7. The Morgan fingerprint density at radius 2 is 1.74 bits per heavy atom. The Morgan fingerprint density at radius 3 is 2.30 bits per heavy atom. The molecule has 2 rings (SSSR count). The van der Waals surface area contributed by atoms with Crippen molar-refractivity contribution >= 4 is 11.9 Å². The van der Waals surface area contributed by atoms with E-state index in [0.29, 0.717) is 5.75 Å². The summed E-state index contributed by atoms with van der Waals surface area (Å²) in [5.41, 5.74) is 1.61. The van der Waals surface area contributed by atoms with Crippen molar-refractivity contribution in [2.45, 2.75) is 18.9 Å². The van der Waals surface area contributed by atoms with Crippen LogP contribution in [0.5, 0.6) is 5.75 Å². The molecule has 5 heteroatoms. The molecule has 2 aromatic carbocycles. The standard InChI is InChI=1S/C18H19NO4/c1-23-15-9-7-14(8-10-15)16(12-18(21)22)19-17(20)11-13-5-3-2-4-6-13/h2-10,16H,11-12H2,1H3,(H,19,20)(H,21,22)/t16-/m1/s1. The van der Waals surface area contributed by atoms with Crippen LogP contribution in [0.1, 0.15) is 23.6 Å². The van der Waals surface area contributed by atoms with Gasteiger partial charge in [-0.3, -0.25) is 9.59 Å². The maximum Gasteiger partial charge on any atom is 0.305 e. The van der Waals surface area contributed by atoms with Crippen LogP contribution in [-0.4, -0.2) is 24.1 Å². The van der Waals surface area contributed by atoms with Crippen LogP contribution in [0.4, 0.5) is 0 Å². The molecule has 0 aliphatic heterocycles. The highest BCUT2D eigenvalue weighted by Crippen LogP contribution is 2.20. The van der Waals surface area contributed by atoms with Crippen molar-refractivity contribution in [2.75, 3.05) is 7.11 Å². The van der Waals surface area contributed by atoms with Crippen molar-refractivity contribution in [3.63, 3.8) is 0 Å². The van der Waals surface area contributed by atoms with Gasteiger partial charge < -0.3 is 15.2 Å². The molecule has 0 radical (unpaired) electrons. The molecule has 0 saturated heterocycles. The molecular weight excluding hydrogens is 294 g/mol. The summed E-state index contributed by atoms with van der Waals surface area (Å²) in [6.07, 6.45) is 0.0416. The molecule has 5 nitrogen and oxygen atoms in total. The fourth-order valence-corrected chi connectivity index (χ4v) is 2.29. The minimum atomic E-state index is -0.967. The number of nitrogens with one attached hydrogen (secondary N) is 1. The Labute approximate surface area is 134 Å². The summed E-state index contributed by atoms with van der Waals surface area (Å²) in [6.45, 7) is 0. The molecule has 0 saturated carbocycles. The van der Waals surface area contributed by atoms with Crippen molar-refractivity contribution in [1.82, 2.24) is 5.32 Å². The number of hydrogen-bond acceptors (Lipinski definition) is 3. The van der Waals surface area contributed by atoms with Crippen molar-refractivity contribution < 1.29 is 19.4 Å². The number of carboxylic acids is 1. The van der Waals surface area contributed by atoms with E-state index in [1.165, 1.54) is 0 Å². The Balaban J connectivity index is 2.08. The maximum absolute atomic E-state index is 12.2. The van der Waals surface area contributed by atoms with Crippen LogP contribution in [0.15, 0.2) is 54.6 Å². The van der Waals surface area contributed by atoms with Gasteiger partial charge in [-0.25, -0.2) is 0 Å². The van der Waals surface area contributed by atoms with Crippen molar-refractivity contribution in [1.29, 1.82) is 0 Å². The van der Waals surface area contributed by atoms with Crippen molar-refractivity contribution in [3.05, 3.63) is 65.7 Å². The third-order valence-electron chi connectivity index (χ3n) is 3.44. The molecule has 0 heterocycles. The predicted octanol–water partition coefficient (Wildman–Crippen LogP) is 2.57. The van der Waals surface area contributed by atoms with Gasteiger partial charge in [0, 0.05) is 0 Å². The number of carboxylic acid groups (broad SMARTS) is 1. The first-order valence-corrected chi connectivity index (χ1v) is 7.27. The summed E-state index contributed by atoms with van der Waals surface area (Å²) in [6, 6.07) is 15.8. The van der Waals surface area contributed by atoms with Gasteiger partial charge in [0.25, 0.3) is 0 Å². The zero-order valence-corrected chi connectivity index (χ0v) is 12.9. The fourth-order valence-electron chi connectivity index (χ4n) is 2.29. The lowest BCUT2D eigenvalue weighted by atomic mass is 10.0. The molecule has 0 bridgehead atoms. The molecular formula is C18H19NO4. The van der Waals surface area contributed by atoms with Gasteiger partial charge in [-0.2, -0.15) is 0 Å². The number of methoxy groups -OCH3 is 1. The second-order valence-electron chi connectivity index (χ2n) is 5.15. The average Bonchev–Trinajstić information content (AvgIpc) is 2.55. The molecule has 120 valence electrons. The molecule has 2 N–H and O–H groups in total.